The summed E-state index contributed by atoms with van der Waals surface area (Å²) in [7, 11) is 0. The van der Waals surface area contributed by atoms with E-state index < -0.39 is 0 Å². The molecule has 2 N–H and O–H groups in total. The minimum Gasteiger partial charge on any atom is -0.490 e. The number of nitriles is 1. The Bertz CT molecular complexity index is 1400. The first kappa shape index (κ1) is 24.4. The van der Waals surface area contributed by atoms with Gasteiger partial charge in [-0.2, -0.15) is 5.26 Å². The van der Waals surface area contributed by atoms with E-state index in [0.717, 1.165) is 16.7 Å². The number of anilines is 1. The molecule has 3 aromatic carbocycles. The molecule has 1 aromatic heterocycles. The molecule has 0 spiro atoms. The van der Waals surface area contributed by atoms with Gasteiger partial charge in [-0.1, -0.05) is 65.7 Å². The molecule has 0 unspecified atom stereocenters. The molecule has 0 aliphatic heterocycles. The van der Waals surface area contributed by atoms with Gasteiger partial charge in [0.05, 0.1) is 11.6 Å². The number of hydrogen-bond donors (Lipinski definition) is 1. The standard InChI is InChI=1S/C28H23Cl2N3O2/c1-3-34-24-14-20(13-23(30)27(24)35-16-18-9-11-21(29)12-10-18)26-22(15-31)28(32)33-17(2)25(26)19-7-5-4-6-8-19/h4-14H,3,16H2,1-2H3,(H2,32,33). The van der Waals surface area contributed by atoms with Crippen LogP contribution >= 0.6 is 23.2 Å². The smallest absolute Gasteiger partial charge is 0.180 e. The van der Waals surface area contributed by atoms with Gasteiger partial charge in [0, 0.05) is 21.8 Å². The molecule has 0 aliphatic rings. The van der Waals surface area contributed by atoms with Gasteiger partial charge >= 0.3 is 0 Å². The van der Waals surface area contributed by atoms with E-state index in [0.29, 0.717) is 45.0 Å². The first-order chi connectivity index (χ1) is 16.9. The molecule has 0 aliphatic carbocycles. The van der Waals surface area contributed by atoms with E-state index in [1.807, 2.05) is 62.4 Å². The maximum absolute atomic E-state index is 9.98. The van der Waals surface area contributed by atoms with Crippen LogP contribution in [0.2, 0.25) is 10.0 Å². The number of benzene rings is 3. The summed E-state index contributed by atoms with van der Waals surface area (Å²) in [4.78, 5) is 4.43. The van der Waals surface area contributed by atoms with Crippen LogP contribution < -0.4 is 15.2 Å². The van der Waals surface area contributed by atoms with Crippen molar-refractivity contribution in [1.82, 2.24) is 4.98 Å². The maximum atomic E-state index is 9.98. The number of aromatic nitrogens is 1. The summed E-state index contributed by atoms with van der Waals surface area (Å²) in [5, 5.41) is 11.0. The Morgan fingerprint density at radius 3 is 2.31 bits per heavy atom. The predicted molar refractivity (Wildman–Crippen MR) is 141 cm³/mol. The molecule has 35 heavy (non-hydrogen) atoms. The number of hydrogen-bond acceptors (Lipinski definition) is 5. The summed E-state index contributed by atoms with van der Waals surface area (Å²) in [5.41, 5.74) is 11.2. The molecule has 4 rings (SSSR count). The zero-order valence-electron chi connectivity index (χ0n) is 19.3. The zero-order valence-corrected chi connectivity index (χ0v) is 20.8. The van der Waals surface area contributed by atoms with Crippen molar-refractivity contribution in [3.8, 4) is 39.8 Å². The molecule has 0 bridgehead atoms. The Hall–Kier alpha value is -3.72. The molecular formula is C28H23Cl2N3O2. The average Bonchev–Trinajstić information content (AvgIpc) is 2.85. The molecule has 0 radical (unpaired) electrons. The van der Waals surface area contributed by atoms with Crippen molar-refractivity contribution in [2.24, 2.45) is 0 Å². The predicted octanol–water partition coefficient (Wildman–Crippen LogP) is 7.46. The first-order valence-corrected chi connectivity index (χ1v) is 11.8. The molecular weight excluding hydrogens is 481 g/mol. The average molecular weight is 504 g/mol. The molecule has 0 atom stereocenters. The topological polar surface area (TPSA) is 81.2 Å². The van der Waals surface area contributed by atoms with E-state index >= 15 is 0 Å². The monoisotopic (exact) mass is 503 g/mol. The SMILES string of the molecule is CCOc1cc(-c2c(C#N)c(N)nc(C)c2-c2ccccc2)cc(Cl)c1OCc1ccc(Cl)cc1. The fourth-order valence-corrected chi connectivity index (χ4v) is 4.33. The van der Waals surface area contributed by atoms with Crippen molar-refractivity contribution >= 4 is 29.0 Å². The minimum absolute atomic E-state index is 0.164. The summed E-state index contributed by atoms with van der Waals surface area (Å²) in [6, 6.07) is 23.0. The molecule has 0 amide bonds. The number of aryl methyl sites for hydroxylation is 1. The molecule has 7 heteroatoms. The van der Waals surface area contributed by atoms with E-state index in [1.54, 1.807) is 18.2 Å². The highest BCUT2D eigenvalue weighted by Gasteiger charge is 2.22. The van der Waals surface area contributed by atoms with Crippen molar-refractivity contribution in [1.29, 1.82) is 5.26 Å². The highest BCUT2D eigenvalue weighted by molar-refractivity contribution is 6.32. The lowest BCUT2D eigenvalue weighted by Gasteiger charge is -2.19. The molecule has 4 aromatic rings. The summed E-state index contributed by atoms with van der Waals surface area (Å²) < 4.78 is 12.0. The maximum Gasteiger partial charge on any atom is 0.180 e. The largest absolute Gasteiger partial charge is 0.490 e. The van der Waals surface area contributed by atoms with Crippen molar-refractivity contribution in [2.45, 2.75) is 20.5 Å². The van der Waals surface area contributed by atoms with Crippen LogP contribution in [0.5, 0.6) is 11.5 Å². The highest BCUT2D eigenvalue weighted by atomic mass is 35.5. The highest BCUT2D eigenvalue weighted by Crippen LogP contribution is 2.45. The van der Waals surface area contributed by atoms with Crippen LogP contribution in [0.1, 0.15) is 23.7 Å². The van der Waals surface area contributed by atoms with E-state index in [-0.39, 0.29) is 18.0 Å². The number of nitrogens with zero attached hydrogens (tertiary/aromatic N) is 2. The lowest BCUT2D eigenvalue weighted by Crippen LogP contribution is -2.04. The molecule has 176 valence electrons. The lowest BCUT2D eigenvalue weighted by molar-refractivity contribution is 0.269. The van der Waals surface area contributed by atoms with Crippen LogP contribution in [0.3, 0.4) is 0 Å². The Morgan fingerprint density at radius 1 is 0.943 bits per heavy atom. The van der Waals surface area contributed by atoms with Crippen molar-refractivity contribution in [3.63, 3.8) is 0 Å². The Labute approximate surface area is 214 Å². The Balaban J connectivity index is 1.86. The molecule has 0 saturated carbocycles. The van der Waals surface area contributed by atoms with E-state index in [4.69, 9.17) is 38.4 Å². The molecule has 0 fully saturated rings. The van der Waals surface area contributed by atoms with Gasteiger partial charge in [-0.15, -0.1) is 0 Å². The summed E-state index contributed by atoms with van der Waals surface area (Å²) in [6.45, 7) is 4.45. The summed E-state index contributed by atoms with van der Waals surface area (Å²) >= 11 is 12.7. The third kappa shape index (κ3) is 5.19. The number of nitrogen functional groups attached to an aromatic ring is 1. The van der Waals surface area contributed by atoms with Crippen LogP contribution in [0.4, 0.5) is 5.82 Å². The second kappa shape index (κ2) is 10.7. The van der Waals surface area contributed by atoms with E-state index in [1.165, 1.54) is 0 Å². The van der Waals surface area contributed by atoms with Crippen molar-refractivity contribution in [2.75, 3.05) is 12.3 Å². The summed E-state index contributed by atoms with van der Waals surface area (Å²) in [5.74, 6) is 1.06. The lowest BCUT2D eigenvalue weighted by atomic mass is 9.90. The van der Waals surface area contributed by atoms with Crippen LogP contribution in [0.25, 0.3) is 22.3 Å². The van der Waals surface area contributed by atoms with Gasteiger partial charge in [-0.3, -0.25) is 0 Å². The van der Waals surface area contributed by atoms with Crippen LogP contribution in [0, 0.1) is 18.3 Å². The number of rotatable bonds is 7. The second-order valence-electron chi connectivity index (χ2n) is 7.82. The van der Waals surface area contributed by atoms with Crippen LogP contribution in [0.15, 0.2) is 66.7 Å². The summed E-state index contributed by atoms with van der Waals surface area (Å²) in [6.07, 6.45) is 0. The van der Waals surface area contributed by atoms with Gasteiger partial charge in [0.15, 0.2) is 11.5 Å². The minimum atomic E-state index is 0.164. The normalized spacial score (nSPS) is 10.6. The quantitative estimate of drug-likeness (QED) is 0.283. The zero-order chi connectivity index (χ0) is 24.9. The van der Waals surface area contributed by atoms with Crippen LogP contribution in [-0.2, 0) is 6.61 Å². The van der Waals surface area contributed by atoms with Gasteiger partial charge in [-0.05, 0) is 54.8 Å². The Morgan fingerprint density at radius 2 is 1.66 bits per heavy atom. The fraction of sp³-hybridized carbons (Fsp3) is 0.143. The van der Waals surface area contributed by atoms with Crippen LogP contribution in [-0.4, -0.2) is 11.6 Å². The van der Waals surface area contributed by atoms with Crippen molar-refractivity contribution < 1.29 is 9.47 Å². The molecule has 1 heterocycles. The van der Waals surface area contributed by atoms with Gasteiger partial charge in [0.25, 0.3) is 0 Å². The fourth-order valence-electron chi connectivity index (χ4n) is 3.94. The van der Waals surface area contributed by atoms with Gasteiger partial charge in [-0.25, -0.2) is 4.98 Å². The first-order valence-electron chi connectivity index (χ1n) is 11.0. The third-order valence-corrected chi connectivity index (χ3v) is 6.01. The molecule has 0 saturated heterocycles. The number of halogens is 2. The third-order valence-electron chi connectivity index (χ3n) is 5.47. The van der Waals surface area contributed by atoms with E-state index in [9.17, 15) is 5.26 Å². The Kier molecular flexibility index (Phi) is 7.45. The van der Waals surface area contributed by atoms with Gasteiger partial charge in [0.2, 0.25) is 0 Å². The number of ether oxygens (including phenoxy) is 2. The van der Waals surface area contributed by atoms with Gasteiger partial charge < -0.3 is 15.2 Å². The number of nitrogens with two attached hydrogens (primary N) is 1. The molecule has 5 nitrogen and oxygen atoms in total. The van der Waals surface area contributed by atoms with E-state index in [2.05, 4.69) is 11.1 Å². The van der Waals surface area contributed by atoms with Gasteiger partial charge in [0.1, 0.15) is 24.1 Å². The van der Waals surface area contributed by atoms with Crippen molar-refractivity contribution in [3.05, 3.63) is 93.6 Å². The number of pyridine rings is 1. The second-order valence-corrected chi connectivity index (χ2v) is 8.66.